The lowest BCUT2D eigenvalue weighted by atomic mass is 9.94. The summed E-state index contributed by atoms with van der Waals surface area (Å²) in [6.45, 7) is 3.20. The van der Waals surface area contributed by atoms with Crippen molar-refractivity contribution in [3.63, 3.8) is 0 Å². The second kappa shape index (κ2) is 5.40. The molecule has 1 aromatic carbocycles. The summed E-state index contributed by atoms with van der Waals surface area (Å²) < 4.78 is 5.62. The molecular weight excluding hydrogens is 230 g/mol. The third kappa shape index (κ3) is 2.82. The minimum Gasteiger partial charge on any atom is -0.493 e. The lowest BCUT2D eigenvalue weighted by Gasteiger charge is -2.24. The largest absolute Gasteiger partial charge is 0.493 e. The van der Waals surface area contributed by atoms with E-state index in [1.165, 1.54) is 0 Å². The summed E-state index contributed by atoms with van der Waals surface area (Å²) in [7, 11) is 0. The molecule has 0 amide bonds. The summed E-state index contributed by atoms with van der Waals surface area (Å²) in [5.74, 6) is 0.0291. The highest BCUT2D eigenvalue weighted by molar-refractivity contribution is 5.79. The zero-order valence-corrected chi connectivity index (χ0v) is 10.6. The molecule has 18 heavy (non-hydrogen) atoms. The van der Waals surface area contributed by atoms with Crippen LogP contribution in [0.2, 0.25) is 0 Å². The second-order valence-corrected chi connectivity index (χ2v) is 4.83. The lowest BCUT2D eigenvalue weighted by Crippen LogP contribution is -2.48. The van der Waals surface area contributed by atoms with Crippen LogP contribution in [0.25, 0.3) is 0 Å². The van der Waals surface area contributed by atoms with Crippen molar-refractivity contribution < 1.29 is 14.6 Å². The summed E-state index contributed by atoms with van der Waals surface area (Å²) >= 11 is 0. The number of carboxylic acids is 1. The van der Waals surface area contributed by atoms with Gasteiger partial charge in [0.2, 0.25) is 0 Å². The van der Waals surface area contributed by atoms with Gasteiger partial charge in [-0.3, -0.25) is 4.79 Å². The van der Waals surface area contributed by atoms with Crippen LogP contribution in [0.15, 0.2) is 24.3 Å². The number of ether oxygens (including phenoxy) is 1. The van der Waals surface area contributed by atoms with Crippen molar-refractivity contribution in [3.05, 3.63) is 29.8 Å². The van der Waals surface area contributed by atoms with Crippen LogP contribution >= 0.6 is 0 Å². The van der Waals surface area contributed by atoms with E-state index < -0.39 is 11.5 Å². The van der Waals surface area contributed by atoms with Gasteiger partial charge >= 0.3 is 5.97 Å². The first-order valence-corrected chi connectivity index (χ1v) is 6.30. The van der Waals surface area contributed by atoms with Crippen LogP contribution in [-0.4, -0.2) is 29.8 Å². The van der Waals surface area contributed by atoms with Crippen molar-refractivity contribution in [2.75, 3.05) is 13.2 Å². The monoisotopic (exact) mass is 249 g/mol. The highest BCUT2D eigenvalue weighted by Gasteiger charge is 2.40. The summed E-state index contributed by atoms with van der Waals surface area (Å²) in [6, 6.07) is 7.79. The van der Waals surface area contributed by atoms with E-state index in [9.17, 15) is 9.90 Å². The molecule has 4 nitrogen and oxygen atoms in total. The summed E-state index contributed by atoms with van der Waals surface area (Å²) in [4.78, 5) is 11.3. The molecule has 1 saturated heterocycles. The van der Waals surface area contributed by atoms with E-state index in [1.807, 2.05) is 31.2 Å². The van der Waals surface area contributed by atoms with Gasteiger partial charge in [0.1, 0.15) is 11.3 Å². The third-order valence-corrected chi connectivity index (χ3v) is 3.44. The molecule has 1 unspecified atom stereocenters. The number of hydrogen-bond donors (Lipinski definition) is 2. The van der Waals surface area contributed by atoms with Crippen LogP contribution in [0.1, 0.15) is 24.8 Å². The first kappa shape index (κ1) is 12.9. The smallest absolute Gasteiger partial charge is 0.324 e. The van der Waals surface area contributed by atoms with Crippen molar-refractivity contribution in [1.82, 2.24) is 5.32 Å². The number of rotatable bonds is 5. The first-order valence-electron chi connectivity index (χ1n) is 6.30. The van der Waals surface area contributed by atoms with Crippen molar-refractivity contribution in [3.8, 4) is 5.75 Å². The van der Waals surface area contributed by atoms with Crippen molar-refractivity contribution >= 4 is 5.97 Å². The van der Waals surface area contributed by atoms with Gasteiger partial charge in [-0.25, -0.2) is 0 Å². The van der Waals surface area contributed by atoms with Crippen molar-refractivity contribution in [2.45, 2.75) is 31.7 Å². The Hall–Kier alpha value is -1.55. The Morgan fingerprint density at radius 2 is 2.39 bits per heavy atom. The minimum atomic E-state index is -0.788. The van der Waals surface area contributed by atoms with Gasteiger partial charge in [-0.15, -0.1) is 0 Å². The molecule has 1 aromatic rings. The standard InChI is InChI=1S/C14H19NO3/c1-11-4-2-5-12(10-11)18-9-7-14(13(16)17)6-3-8-15-14/h2,4-5,10,15H,3,6-9H2,1H3,(H,16,17). The van der Waals surface area contributed by atoms with Crippen LogP contribution in [0.4, 0.5) is 0 Å². The molecular formula is C14H19NO3. The van der Waals surface area contributed by atoms with E-state index in [4.69, 9.17) is 4.74 Å². The molecule has 2 N–H and O–H groups in total. The number of hydrogen-bond acceptors (Lipinski definition) is 3. The van der Waals surface area contributed by atoms with Gasteiger partial charge < -0.3 is 15.2 Å². The fourth-order valence-corrected chi connectivity index (χ4v) is 2.36. The topological polar surface area (TPSA) is 58.6 Å². The molecule has 98 valence electrons. The number of carbonyl (C=O) groups is 1. The summed E-state index contributed by atoms with van der Waals surface area (Å²) in [6.07, 6.45) is 2.09. The molecule has 0 saturated carbocycles. The Bertz CT molecular complexity index is 425. The van der Waals surface area contributed by atoms with Crippen molar-refractivity contribution in [2.24, 2.45) is 0 Å². The van der Waals surface area contributed by atoms with Crippen LogP contribution in [0, 0.1) is 6.92 Å². The van der Waals surface area contributed by atoms with E-state index in [-0.39, 0.29) is 0 Å². The minimum absolute atomic E-state index is 0.419. The third-order valence-electron chi connectivity index (χ3n) is 3.44. The van der Waals surface area contributed by atoms with Gasteiger partial charge in [-0.2, -0.15) is 0 Å². The molecule has 2 rings (SSSR count). The van der Waals surface area contributed by atoms with Gasteiger partial charge in [0, 0.05) is 6.42 Å². The van der Waals surface area contributed by atoms with Crippen molar-refractivity contribution in [1.29, 1.82) is 0 Å². The Labute approximate surface area is 107 Å². The summed E-state index contributed by atoms with van der Waals surface area (Å²) in [5, 5.41) is 12.4. The number of carboxylic acid groups (broad SMARTS) is 1. The Morgan fingerprint density at radius 3 is 3.00 bits per heavy atom. The van der Waals surface area contributed by atoms with E-state index in [1.54, 1.807) is 0 Å². The lowest BCUT2D eigenvalue weighted by molar-refractivity contribution is -0.144. The first-order chi connectivity index (χ1) is 8.62. The molecule has 1 aliphatic heterocycles. The maximum absolute atomic E-state index is 11.3. The van der Waals surface area contributed by atoms with Gasteiger partial charge in [-0.1, -0.05) is 12.1 Å². The maximum Gasteiger partial charge on any atom is 0.324 e. The molecule has 0 aromatic heterocycles. The van der Waals surface area contributed by atoms with E-state index >= 15 is 0 Å². The number of benzene rings is 1. The predicted molar refractivity (Wildman–Crippen MR) is 68.9 cm³/mol. The average molecular weight is 249 g/mol. The van der Waals surface area contributed by atoms with Crippen LogP contribution in [0.3, 0.4) is 0 Å². The zero-order valence-electron chi connectivity index (χ0n) is 10.6. The number of nitrogens with one attached hydrogen (secondary N) is 1. The molecule has 1 aliphatic rings. The zero-order chi connectivity index (χ0) is 13.0. The van der Waals surface area contributed by atoms with Crippen LogP contribution in [0.5, 0.6) is 5.75 Å². The molecule has 0 radical (unpaired) electrons. The van der Waals surface area contributed by atoms with Gasteiger partial charge in [0.05, 0.1) is 6.61 Å². The predicted octanol–water partition coefficient (Wildman–Crippen LogP) is 1.97. The Morgan fingerprint density at radius 1 is 1.56 bits per heavy atom. The van der Waals surface area contributed by atoms with E-state index in [0.717, 1.165) is 24.3 Å². The molecule has 0 bridgehead atoms. The number of aryl methyl sites for hydroxylation is 1. The fraction of sp³-hybridized carbons (Fsp3) is 0.500. The normalized spacial score (nSPS) is 22.9. The average Bonchev–Trinajstić information content (AvgIpc) is 2.79. The highest BCUT2D eigenvalue weighted by atomic mass is 16.5. The van der Waals surface area contributed by atoms with E-state index in [0.29, 0.717) is 19.4 Å². The summed E-state index contributed by atoms with van der Waals surface area (Å²) in [5.41, 5.74) is 0.350. The SMILES string of the molecule is Cc1cccc(OCCC2(C(=O)O)CCCN2)c1. The van der Waals surface area contributed by atoms with E-state index in [2.05, 4.69) is 5.32 Å². The number of aliphatic carboxylic acids is 1. The van der Waals surface area contributed by atoms with Gasteiger partial charge in [-0.05, 0) is 44.0 Å². The highest BCUT2D eigenvalue weighted by Crippen LogP contribution is 2.24. The molecule has 0 aliphatic carbocycles. The quantitative estimate of drug-likeness (QED) is 0.837. The second-order valence-electron chi connectivity index (χ2n) is 4.83. The molecule has 1 heterocycles. The molecule has 0 spiro atoms. The van der Waals surface area contributed by atoms with Gasteiger partial charge in [0.25, 0.3) is 0 Å². The maximum atomic E-state index is 11.3. The Balaban J connectivity index is 1.89. The van der Waals surface area contributed by atoms with Crippen LogP contribution in [-0.2, 0) is 4.79 Å². The molecule has 4 heteroatoms. The van der Waals surface area contributed by atoms with Crippen LogP contribution < -0.4 is 10.1 Å². The molecule has 1 atom stereocenters. The van der Waals surface area contributed by atoms with Gasteiger partial charge in [0.15, 0.2) is 0 Å². The fourth-order valence-electron chi connectivity index (χ4n) is 2.36. The molecule has 1 fully saturated rings. The Kier molecular flexibility index (Phi) is 3.87.